The highest BCUT2D eigenvalue weighted by Gasteiger charge is 2.40. The van der Waals surface area contributed by atoms with Gasteiger partial charge in [0.2, 0.25) is 0 Å². The fourth-order valence-electron chi connectivity index (χ4n) is 3.59. The van der Waals surface area contributed by atoms with Gasteiger partial charge in [0.25, 0.3) is 0 Å². The molecule has 0 spiro atoms. The summed E-state index contributed by atoms with van der Waals surface area (Å²) < 4.78 is 0. The maximum atomic E-state index is 12.9. The van der Waals surface area contributed by atoms with Crippen molar-refractivity contribution in [3.8, 4) is 0 Å². The van der Waals surface area contributed by atoms with E-state index in [0.29, 0.717) is 11.7 Å². The Labute approximate surface area is 113 Å². The molecule has 0 bridgehead atoms. The summed E-state index contributed by atoms with van der Waals surface area (Å²) in [6.45, 7) is 12.9. The molecule has 0 saturated heterocycles. The Bertz CT molecular complexity index is 272. The molecule has 0 N–H and O–H groups in total. The van der Waals surface area contributed by atoms with E-state index in [2.05, 4.69) is 39.5 Å². The second-order valence-electron chi connectivity index (χ2n) is 6.13. The lowest BCUT2D eigenvalue weighted by atomic mass is 9.74. The minimum absolute atomic E-state index is 0.245. The van der Waals surface area contributed by atoms with Gasteiger partial charge >= 0.3 is 0 Å². The number of rotatable bonds is 6. The quantitative estimate of drug-likeness (QED) is 0.715. The van der Waals surface area contributed by atoms with E-state index in [1.165, 1.54) is 12.8 Å². The fourth-order valence-corrected chi connectivity index (χ4v) is 3.59. The summed E-state index contributed by atoms with van der Waals surface area (Å²) in [6, 6.07) is 0. The molecule has 0 aromatic heterocycles. The number of carbonyl (C=O) groups excluding carboxylic acids is 1. The summed E-state index contributed by atoms with van der Waals surface area (Å²) in [5, 5.41) is 0. The third-order valence-corrected chi connectivity index (χ3v) is 4.99. The summed E-state index contributed by atoms with van der Waals surface area (Å²) in [5.74, 6) is 1.53. The molecule has 3 atom stereocenters. The third-order valence-electron chi connectivity index (χ3n) is 4.99. The lowest BCUT2D eigenvalue weighted by Crippen LogP contribution is -2.54. The molecule has 0 heterocycles. The van der Waals surface area contributed by atoms with Crippen molar-refractivity contribution in [2.75, 3.05) is 13.1 Å². The third kappa shape index (κ3) is 3.14. The molecule has 1 rings (SSSR count). The molecule has 1 saturated carbocycles. The number of Topliss-reactive ketones (excluding diaryl/α,β-unsaturated/α-hetero) is 1. The Hall–Kier alpha value is -0.370. The summed E-state index contributed by atoms with van der Waals surface area (Å²) in [5.41, 5.74) is -0.245. The molecule has 1 aliphatic carbocycles. The van der Waals surface area contributed by atoms with Gasteiger partial charge in [0, 0.05) is 5.92 Å². The first-order chi connectivity index (χ1) is 8.49. The van der Waals surface area contributed by atoms with Crippen LogP contribution < -0.4 is 0 Å². The highest BCUT2D eigenvalue weighted by molar-refractivity contribution is 5.90. The van der Waals surface area contributed by atoms with Crippen LogP contribution in [0.3, 0.4) is 0 Å². The SMILES string of the molecule is CCN(CC)C(C)(CC)C(=O)C1CCCC(C)C1. The number of likely N-dealkylation sites (N-methyl/N-ethyl adjacent to an activating group) is 1. The minimum Gasteiger partial charge on any atom is -0.297 e. The van der Waals surface area contributed by atoms with Crippen LogP contribution in [0.2, 0.25) is 0 Å². The summed E-state index contributed by atoms with van der Waals surface area (Å²) in [4.78, 5) is 15.3. The maximum Gasteiger partial charge on any atom is 0.155 e. The average molecular weight is 253 g/mol. The molecule has 2 heteroatoms. The second kappa shape index (κ2) is 6.70. The number of nitrogens with zero attached hydrogens (tertiary/aromatic N) is 1. The normalized spacial score (nSPS) is 28.1. The predicted octanol–water partition coefficient (Wildman–Crippen LogP) is 3.89. The minimum atomic E-state index is -0.245. The Morgan fingerprint density at radius 1 is 1.22 bits per heavy atom. The van der Waals surface area contributed by atoms with Crippen molar-refractivity contribution >= 4 is 5.78 Å². The highest BCUT2D eigenvalue weighted by atomic mass is 16.1. The number of hydrogen-bond acceptors (Lipinski definition) is 2. The van der Waals surface area contributed by atoms with Crippen LogP contribution >= 0.6 is 0 Å². The molecule has 106 valence electrons. The Morgan fingerprint density at radius 2 is 1.83 bits per heavy atom. The number of carbonyl (C=O) groups is 1. The van der Waals surface area contributed by atoms with E-state index in [0.717, 1.165) is 38.3 Å². The van der Waals surface area contributed by atoms with Gasteiger partial charge in [0.05, 0.1) is 5.54 Å². The van der Waals surface area contributed by atoms with Crippen molar-refractivity contribution in [2.24, 2.45) is 11.8 Å². The monoisotopic (exact) mass is 253 g/mol. The van der Waals surface area contributed by atoms with Crippen LogP contribution in [-0.2, 0) is 4.79 Å². The van der Waals surface area contributed by atoms with Gasteiger partial charge in [-0.2, -0.15) is 0 Å². The van der Waals surface area contributed by atoms with Crippen LogP contribution in [0, 0.1) is 11.8 Å². The molecule has 0 aromatic carbocycles. The number of hydrogen-bond donors (Lipinski definition) is 0. The molecule has 0 aromatic rings. The first kappa shape index (κ1) is 15.7. The van der Waals surface area contributed by atoms with E-state index >= 15 is 0 Å². The van der Waals surface area contributed by atoms with E-state index in [4.69, 9.17) is 0 Å². The zero-order valence-corrected chi connectivity index (χ0v) is 13.0. The number of ketones is 1. The standard InChI is InChI=1S/C16H31NO/c1-6-16(5,17(7-2)8-3)15(18)14-11-9-10-13(4)12-14/h13-14H,6-12H2,1-5H3. The van der Waals surface area contributed by atoms with Gasteiger partial charge in [0.1, 0.15) is 0 Å². The van der Waals surface area contributed by atoms with Crippen LogP contribution in [0.5, 0.6) is 0 Å². The molecule has 2 nitrogen and oxygen atoms in total. The largest absolute Gasteiger partial charge is 0.297 e. The first-order valence-corrected chi connectivity index (χ1v) is 7.78. The molecule has 18 heavy (non-hydrogen) atoms. The lowest BCUT2D eigenvalue weighted by molar-refractivity contribution is -0.136. The van der Waals surface area contributed by atoms with Gasteiger partial charge in [0.15, 0.2) is 5.78 Å². The molecule has 0 amide bonds. The van der Waals surface area contributed by atoms with Gasteiger partial charge in [-0.1, -0.05) is 40.5 Å². The molecule has 1 fully saturated rings. The summed E-state index contributed by atoms with van der Waals surface area (Å²) >= 11 is 0. The van der Waals surface area contributed by atoms with Crippen LogP contribution in [0.4, 0.5) is 0 Å². The van der Waals surface area contributed by atoms with Crippen molar-refractivity contribution in [2.45, 2.75) is 72.3 Å². The Morgan fingerprint density at radius 3 is 2.28 bits per heavy atom. The van der Waals surface area contributed by atoms with E-state index in [1.807, 2.05) is 0 Å². The predicted molar refractivity (Wildman–Crippen MR) is 77.7 cm³/mol. The zero-order chi connectivity index (χ0) is 13.8. The lowest BCUT2D eigenvalue weighted by Gasteiger charge is -2.42. The average Bonchev–Trinajstić information content (AvgIpc) is 2.38. The van der Waals surface area contributed by atoms with Gasteiger partial charge in [-0.3, -0.25) is 9.69 Å². The van der Waals surface area contributed by atoms with Gasteiger partial charge in [-0.05, 0) is 45.2 Å². The van der Waals surface area contributed by atoms with E-state index < -0.39 is 0 Å². The molecular weight excluding hydrogens is 222 g/mol. The summed E-state index contributed by atoms with van der Waals surface area (Å²) in [6.07, 6.45) is 5.68. The zero-order valence-electron chi connectivity index (χ0n) is 13.0. The Kier molecular flexibility index (Phi) is 5.84. The van der Waals surface area contributed by atoms with E-state index in [1.54, 1.807) is 0 Å². The van der Waals surface area contributed by atoms with Gasteiger partial charge in [-0.25, -0.2) is 0 Å². The fraction of sp³-hybridized carbons (Fsp3) is 0.938. The molecule has 3 unspecified atom stereocenters. The molecule has 0 radical (unpaired) electrons. The van der Waals surface area contributed by atoms with Gasteiger partial charge < -0.3 is 0 Å². The van der Waals surface area contributed by atoms with Crippen LogP contribution in [0.15, 0.2) is 0 Å². The van der Waals surface area contributed by atoms with Crippen LogP contribution in [-0.4, -0.2) is 29.3 Å². The Balaban J connectivity index is 2.83. The van der Waals surface area contributed by atoms with Crippen LogP contribution in [0.25, 0.3) is 0 Å². The second-order valence-corrected chi connectivity index (χ2v) is 6.13. The molecule has 1 aliphatic rings. The van der Waals surface area contributed by atoms with Crippen molar-refractivity contribution in [1.29, 1.82) is 0 Å². The maximum absolute atomic E-state index is 12.9. The van der Waals surface area contributed by atoms with Crippen molar-refractivity contribution in [3.63, 3.8) is 0 Å². The topological polar surface area (TPSA) is 20.3 Å². The van der Waals surface area contributed by atoms with Gasteiger partial charge in [-0.15, -0.1) is 0 Å². The smallest absolute Gasteiger partial charge is 0.155 e. The van der Waals surface area contributed by atoms with Crippen LogP contribution in [0.1, 0.15) is 66.7 Å². The summed E-state index contributed by atoms with van der Waals surface area (Å²) in [7, 11) is 0. The molecular formula is C16H31NO. The van der Waals surface area contributed by atoms with E-state index in [-0.39, 0.29) is 5.54 Å². The van der Waals surface area contributed by atoms with Crippen molar-refractivity contribution < 1.29 is 4.79 Å². The molecule has 0 aliphatic heterocycles. The van der Waals surface area contributed by atoms with Crippen molar-refractivity contribution in [3.05, 3.63) is 0 Å². The first-order valence-electron chi connectivity index (χ1n) is 7.78. The van der Waals surface area contributed by atoms with Crippen molar-refractivity contribution in [1.82, 2.24) is 4.90 Å². The highest BCUT2D eigenvalue weighted by Crippen LogP contribution is 2.34. The van der Waals surface area contributed by atoms with E-state index in [9.17, 15) is 4.79 Å².